The quantitative estimate of drug-likeness (QED) is 0.813. The number of anilines is 1. The van der Waals surface area contributed by atoms with Crippen molar-refractivity contribution in [3.63, 3.8) is 0 Å². The van der Waals surface area contributed by atoms with E-state index >= 15 is 0 Å². The standard InChI is InChI=1S/C19H23ClN2O3S/c1-13-8-9-16(10-14(13)2)15(3)21-19(23)12-22(26(4,24)25)18-7-5-6-17(20)11-18/h5-11,15H,12H2,1-4H3,(H,21,23)/t15-/m0/s1. The van der Waals surface area contributed by atoms with Crippen LogP contribution in [0.25, 0.3) is 0 Å². The van der Waals surface area contributed by atoms with Crippen LogP contribution in [0.5, 0.6) is 0 Å². The van der Waals surface area contributed by atoms with Crippen molar-refractivity contribution in [3.8, 4) is 0 Å². The van der Waals surface area contributed by atoms with Crippen LogP contribution in [0.3, 0.4) is 0 Å². The van der Waals surface area contributed by atoms with Gasteiger partial charge in [-0.2, -0.15) is 0 Å². The fourth-order valence-corrected chi connectivity index (χ4v) is 3.60. The molecule has 0 aliphatic rings. The molecule has 1 amide bonds. The summed E-state index contributed by atoms with van der Waals surface area (Å²) >= 11 is 5.95. The molecule has 2 aromatic carbocycles. The van der Waals surface area contributed by atoms with Crippen molar-refractivity contribution in [1.29, 1.82) is 0 Å². The van der Waals surface area contributed by atoms with Crippen molar-refractivity contribution in [2.45, 2.75) is 26.8 Å². The summed E-state index contributed by atoms with van der Waals surface area (Å²) in [4.78, 5) is 12.4. The summed E-state index contributed by atoms with van der Waals surface area (Å²) in [6.07, 6.45) is 1.06. The third kappa shape index (κ3) is 5.22. The number of benzene rings is 2. The first-order valence-electron chi connectivity index (χ1n) is 8.17. The Hall–Kier alpha value is -2.05. The van der Waals surface area contributed by atoms with Crippen LogP contribution < -0.4 is 9.62 Å². The monoisotopic (exact) mass is 394 g/mol. The van der Waals surface area contributed by atoms with Gasteiger partial charge in [0, 0.05) is 5.02 Å². The maximum Gasteiger partial charge on any atom is 0.241 e. The predicted octanol–water partition coefficient (Wildman–Crippen LogP) is 3.60. The Bertz CT molecular complexity index is 913. The molecule has 0 spiro atoms. The van der Waals surface area contributed by atoms with Gasteiger partial charge in [-0.05, 0) is 55.7 Å². The average Bonchev–Trinajstić information content (AvgIpc) is 2.54. The number of nitrogens with one attached hydrogen (secondary N) is 1. The van der Waals surface area contributed by atoms with E-state index in [9.17, 15) is 13.2 Å². The molecule has 140 valence electrons. The van der Waals surface area contributed by atoms with Crippen molar-refractivity contribution >= 4 is 33.2 Å². The molecule has 0 saturated heterocycles. The van der Waals surface area contributed by atoms with Crippen LogP contribution in [0.15, 0.2) is 42.5 Å². The first kappa shape index (κ1) is 20.3. The van der Waals surface area contributed by atoms with E-state index in [1.165, 1.54) is 11.6 Å². The minimum Gasteiger partial charge on any atom is -0.348 e. The highest BCUT2D eigenvalue weighted by molar-refractivity contribution is 7.92. The third-order valence-electron chi connectivity index (χ3n) is 4.19. The third-order valence-corrected chi connectivity index (χ3v) is 5.57. The molecular formula is C19H23ClN2O3S. The van der Waals surface area contributed by atoms with Gasteiger partial charge in [-0.25, -0.2) is 8.42 Å². The summed E-state index contributed by atoms with van der Waals surface area (Å²) in [7, 11) is -3.63. The molecule has 0 unspecified atom stereocenters. The second kappa shape index (κ2) is 8.10. The van der Waals surface area contributed by atoms with Crippen molar-refractivity contribution in [1.82, 2.24) is 5.32 Å². The van der Waals surface area contributed by atoms with Crippen LogP contribution >= 0.6 is 11.6 Å². The Balaban J connectivity index is 2.15. The number of sulfonamides is 1. The lowest BCUT2D eigenvalue weighted by molar-refractivity contribution is -0.120. The first-order valence-corrected chi connectivity index (χ1v) is 10.4. The van der Waals surface area contributed by atoms with E-state index in [4.69, 9.17) is 11.6 Å². The molecule has 1 atom stereocenters. The maximum absolute atomic E-state index is 12.4. The van der Waals surface area contributed by atoms with Gasteiger partial charge < -0.3 is 5.32 Å². The van der Waals surface area contributed by atoms with Crippen molar-refractivity contribution < 1.29 is 13.2 Å². The molecule has 7 heteroatoms. The number of halogens is 1. The highest BCUT2D eigenvalue weighted by Gasteiger charge is 2.22. The van der Waals surface area contributed by atoms with Crippen LogP contribution in [-0.2, 0) is 14.8 Å². The maximum atomic E-state index is 12.4. The van der Waals surface area contributed by atoms with Crippen LogP contribution in [0.2, 0.25) is 5.02 Å². The van der Waals surface area contributed by atoms with Crippen LogP contribution in [0.1, 0.15) is 29.7 Å². The molecule has 1 N–H and O–H groups in total. The number of hydrogen-bond donors (Lipinski definition) is 1. The van der Waals surface area contributed by atoms with E-state index in [0.717, 1.165) is 21.7 Å². The van der Waals surface area contributed by atoms with E-state index in [2.05, 4.69) is 5.32 Å². The molecule has 2 aromatic rings. The Kier molecular flexibility index (Phi) is 6.31. The number of amides is 1. The Morgan fingerprint density at radius 3 is 2.42 bits per heavy atom. The molecular weight excluding hydrogens is 372 g/mol. The minimum absolute atomic E-state index is 0.234. The van der Waals surface area contributed by atoms with Gasteiger partial charge in [0.2, 0.25) is 15.9 Å². The van der Waals surface area contributed by atoms with Gasteiger partial charge in [0.05, 0.1) is 18.0 Å². The van der Waals surface area contributed by atoms with Gasteiger partial charge in [0.25, 0.3) is 0 Å². The average molecular weight is 395 g/mol. The molecule has 2 rings (SSSR count). The highest BCUT2D eigenvalue weighted by atomic mass is 35.5. The zero-order chi connectivity index (χ0) is 19.5. The fourth-order valence-electron chi connectivity index (χ4n) is 2.57. The molecule has 0 fully saturated rings. The summed E-state index contributed by atoms with van der Waals surface area (Å²) in [5.74, 6) is -0.388. The summed E-state index contributed by atoms with van der Waals surface area (Å²) in [5, 5.41) is 3.25. The van der Waals surface area contributed by atoms with E-state index in [1.54, 1.807) is 18.2 Å². The van der Waals surface area contributed by atoms with E-state index in [0.29, 0.717) is 10.7 Å². The van der Waals surface area contributed by atoms with E-state index in [1.807, 2.05) is 39.0 Å². The number of carbonyl (C=O) groups is 1. The molecule has 26 heavy (non-hydrogen) atoms. The number of hydrogen-bond acceptors (Lipinski definition) is 3. The first-order chi connectivity index (χ1) is 12.1. The highest BCUT2D eigenvalue weighted by Crippen LogP contribution is 2.22. The number of rotatable bonds is 6. The number of carbonyl (C=O) groups excluding carboxylic acids is 1. The Morgan fingerprint density at radius 1 is 1.15 bits per heavy atom. The zero-order valence-corrected chi connectivity index (χ0v) is 16.9. The molecule has 5 nitrogen and oxygen atoms in total. The largest absolute Gasteiger partial charge is 0.348 e. The lowest BCUT2D eigenvalue weighted by Crippen LogP contribution is -2.41. The normalized spacial score (nSPS) is 12.5. The molecule has 0 heterocycles. The lowest BCUT2D eigenvalue weighted by Gasteiger charge is -2.23. The molecule has 0 aliphatic heterocycles. The minimum atomic E-state index is -3.63. The SMILES string of the molecule is Cc1ccc([C@H](C)NC(=O)CN(c2cccc(Cl)c2)S(C)(=O)=O)cc1C. The van der Waals surface area contributed by atoms with Gasteiger partial charge in [-0.3, -0.25) is 9.10 Å². The molecule has 0 aromatic heterocycles. The van der Waals surface area contributed by atoms with Crippen LogP contribution in [0.4, 0.5) is 5.69 Å². The van der Waals surface area contributed by atoms with Crippen LogP contribution in [0, 0.1) is 13.8 Å². The second-order valence-corrected chi connectivity index (χ2v) is 8.73. The topological polar surface area (TPSA) is 66.5 Å². The molecule has 0 radical (unpaired) electrons. The van der Waals surface area contributed by atoms with Gasteiger partial charge in [0.15, 0.2) is 0 Å². The van der Waals surface area contributed by atoms with Gasteiger partial charge in [0.1, 0.15) is 6.54 Å². The zero-order valence-electron chi connectivity index (χ0n) is 15.3. The summed E-state index contributed by atoms with van der Waals surface area (Å²) in [6.45, 7) is 5.59. The van der Waals surface area contributed by atoms with Gasteiger partial charge in [-0.1, -0.05) is 35.9 Å². The van der Waals surface area contributed by atoms with Gasteiger partial charge in [-0.15, -0.1) is 0 Å². The van der Waals surface area contributed by atoms with Crippen LogP contribution in [-0.4, -0.2) is 27.1 Å². The number of aryl methyl sites for hydroxylation is 2. The molecule has 0 bridgehead atoms. The Labute approximate surface area is 160 Å². The fraction of sp³-hybridized carbons (Fsp3) is 0.316. The second-order valence-electron chi connectivity index (χ2n) is 6.38. The summed E-state index contributed by atoms with van der Waals surface area (Å²) in [5.41, 5.74) is 3.64. The lowest BCUT2D eigenvalue weighted by atomic mass is 10.0. The predicted molar refractivity (Wildman–Crippen MR) is 106 cm³/mol. The summed E-state index contributed by atoms with van der Waals surface area (Å²) < 4.78 is 25.3. The van der Waals surface area contributed by atoms with Crippen molar-refractivity contribution in [2.24, 2.45) is 0 Å². The summed E-state index contributed by atoms with van der Waals surface area (Å²) in [6, 6.07) is 12.2. The van der Waals surface area contributed by atoms with Crippen molar-refractivity contribution in [3.05, 3.63) is 64.2 Å². The van der Waals surface area contributed by atoms with Crippen molar-refractivity contribution in [2.75, 3.05) is 17.1 Å². The Morgan fingerprint density at radius 2 is 1.85 bits per heavy atom. The van der Waals surface area contributed by atoms with E-state index in [-0.39, 0.29) is 18.5 Å². The molecule has 0 aliphatic carbocycles. The smallest absolute Gasteiger partial charge is 0.241 e. The number of nitrogens with zero attached hydrogens (tertiary/aromatic N) is 1. The molecule has 0 saturated carbocycles. The van der Waals surface area contributed by atoms with Gasteiger partial charge >= 0.3 is 0 Å². The van der Waals surface area contributed by atoms with E-state index < -0.39 is 10.0 Å².